The first-order valence-corrected chi connectivity index (χ1v) is 8.08. The van der Waals surface area contributed by atoms with Crippen LogP contribution in [0.1, 0.15) is 13.8 Å². The van der Waals surface area contributed by atoms with E-state index in [1.165, 1.54) is 11.3 Å². The number of anilines is 1. The molecule has 0 aliphatic heterocycles. The molecule has 0 unspecified atom stereocenters. The monoisotopic (exact) mass is 327 g/mol. The number of nitro groups is 1. The summed E-state index contributed by atoms with van der Waals surface area (Å²) in [4.78, 5) is 13.1. The second-order valence-corrected chi connectivity index (χ2v) is 6.10. The Morgan fingerprint density at radius 1 is 1.38 bits per heavy atom. The third-order valence-corrected chi connectivity index (χ3v) is 4.78. The van der Waals surface area contributed by atoms with Gasteiger partial charge in [0.2, 0.25) is 0 Å². The van der Waals surface area contributed by atoms with Crippen LogP contribution in [0.5, 0.6) is 0 Å². The van der Waals surface area contributed by atoms with E-state index in [0.29, 0.717) is 17.3 Å². The molecule has 7 heteroatoms. The van der Waals surface area contributed by atoms with E-state index in [4.69, 9.17) is 11.6 Å². The number of rotatable bonds is 7. The van der Waals surface area contributed by atoms with Crippen LogP contribution in [0.4, 0.5) is 10.7 Å². The summed E-state index contributed by atoms with van der Waals surface area (Å²) in [7, 11) is 0. The SMILES string of the molecule is CCN(CC)CCNc1c([N+](=O)[O-])sc2ccc(Cl)cc12. The molecule has 1 aromatic carbocycles. The lowest BCUT2D eigenvalue weighted by molar-refractivity contribution is -0.379. The van der Waals surface area contributed by atoms with E-state index in [1.54, 1.807) is 12.1 Å². The highest BCUT2D eigenvalue weighted by Gasteiger charge is 2.21. The van der Waals surface area contributed by atoms with Gasteiger partial charge in [0.05, 0.1) is 4.92 Å². The molecule has 0 bridgehead atoms. The van der Waals surface area contributed by atoms with Gasteiger partial charge in [0, 0.05) is 28.2 Å². The molecule has 0 spiro atoms. The van der Waals surface area contributed by atoms with Crippen LogP contribution in [0.2, 0.25) is 5.02 Å². The standard InChI is InChI=1S/C14H18ClN3O2S/c1-3-17(4-2)8-7-16-13-11-9-10(15)5-6-12(11)21-14(13)18(19)20/h5-6,9,16H,3-4,7-8H2,1-2H3. The van der Waals surface area contributed by atoms with Crippen molar-refractivity contribution in [1.29, 1.82) is 0 Å². The van der Waals surface area contributed by atoms with Crippen LogP contribution in [0.3, 0.4) is 0 Å². The summed E-state index contributed by atoms with van der Waals surface area (Å²) in [5.74, 6) is 0. The number of hydrogen-bond acceptors (Lipinski definition) is 5. The molecule has 21 heavy (non-hydrogen) atoms. The molecule has 1 N–H and O–H groups in total. The number of thiophene rings is 1. The van der Waals surface area contributed by atoms with Gasteiger partial charge in [-0.25, -0.2) is 0 Å². The summed E-state index contributed by atoms with van der Waals surface area (Å²) in [5, 5.41) is 16.0. The van der Waals surface area contributed by atoms with E-state index in [1.807, 2.05) is 6.07 Å². The highest BCUT2D eigenvalue weighted by molar-refractivity contribution is 7.23. The van der Waals surface area contributed by atoms with Crippen molar-refractivity contribution in [1.82, 2.24) is 4.90 Å². The summed E-state index contributed by atoms with van der Waals surface area (Å²) in [5.41, 5.74) is 0.578. The van der Waals surface area contributed by atoms with Crippen molar-refractivity contribution in [2.75, 3.05) is 31.5 Å². The van der Waals surface area contributed by atoms with Gasteiger partial charge in [-0.2, -0.15) is 0 Å². The summed E-state index contributed by atoms with van der Waals surface area (Å²) in [6.45, 7) is 7.66. The molecule has 0 saturated carbocycles. The van der Waals surface area contributed by atoms with Gasteiger partial charge < -0.3 is 10.2 Å². The van der Waals surface area contributed by atoms with Crippen LogP contribution in [0, 0.1) is 10.1 Å². The van der Waals surface area contributed by atoms with Gasteiger partial charge >= 0.3 is 5.00 Å². The molecule has 0 fully saturated rings. The largest absolute Gasteiger partial charge is 0.377 e. The molecule has 1 aromatic heterocycles. The lowest BCUT2D eigenvalue weighted by Crippen LogP contribution is -2.28. The molecule has 5 nitrogen and oxygen atoms in total. The first-order chi connectivity index (χ1) is 10.1. The van der Waals surface area contributed by atoms with Crippen molar-refractivity contribution in [3.8, 4) is 0 Å². The lowest BCUT2D eigenvalue weighted by atomic mass is 10.2. The zero-order chi connectivity index (χ0) is 15.4. The number of benzene rings is 1. The summed E-state index contributed by atoms with van der Waals surface area (Å²) < 4.78 is 0.872. The fourth-order valence-corrected chi connectivity index (χ4v) is 3.38. The molecule has 0 radical (unpaired) electrons. The number of nitrogens with one attached hydrogen (secondary N) is 1. The van der Waals surface area contributed by atoms with Crippen LogP contribution >= 0.6 is 22.9 Å². The van der Waals surface area contributed by atoms with Crippen molar-refractivity contribution >= 4 is 43.7 Å². The summed E-state index contributed by atoms with van der Waals surface area (Å²) in [6, 6.07) is 5.36. The molecule has 114 valence electrons. The Labute approximate surface area is 132 Å². The van der Waals surface area contributed by atoms with E-state index < -0.39 is 0 Å². The van der Waals surface area contributed by atoms with Crippen molar-refractivity contribution in [3.05, 3.63) is 33.3 Å². The van der Waals surface area contributed by atoms with E-state index in [-0.39, 0.29) is 9.92 Å². The quantitative estimate of drug-likeness (QED) is 0.611. The van der Waals surface area contributed by atoms with E-state index in [0.717, 1.165) is 29.7 Å². The molecule has 1 heterocycles. The predicted molar refractivity (Wildman–Crippen MR) is 89.8 cm³/mol. The maximum absolute atomic E-state index is 11.2. The third kappa shape index (κ3) is 3.64. The van der Waals surface area contributed by atoms with Gasteiger partial charge in [-0.05, 0) is 31.3 Å². The smallest absolute Gasteiger partial charge is 0.348 e. The summed E-state index contributed by atoms with van der Waals surface area (Å²) in [6.07, 6.45) is 0. The number of hydrogen-bond donors (Lipinski definition) is 1. The molecule has 2 rings (SSSR count). The first-order valence-electron chi connectivity index (χ1n) is 6.89. The second kappa shape index (κ2) is 7.06. The second-order valence-electron chi connectivity index (χ2n) is 4.63. The number of fused-ring (bicyclic) bond motifs is 1. The molecule has 0 aliphatic carbocycles. The van der Waals surface area contributed by atoms with Crippen LogP contribution in [0.15, 0.2) is 18.2 Å². The number of halogens is 1. The highest BCUT2D eigenvalue weighted by atomic mass is 35.5. The van der Waals surface area contributed by atoms with Gasteiger partial charge in [0.15, 0.2) is 0 Å². The minimum absolute atomic E-state index is 0.145. The van der Waals surface area contributed by atoms with E-state index in [9.17, 15) is 10.1 Å². The van der Waals surface area contributed by atoms with Crippen LogP contribution in [0.25, 0.3) is 10.1 Å². The highest BCUT2D eigenvalue weighted by Crippen LogP contribution is 2.42. The molecule has 2 aromatic rings. The van der Waals surface area contributed by atoms with Crippen molar-refractivity contribution in [3.63, 3.8) is 0 Å². The van der Waals surface area contributed by atoms with Crippen molar-refractivity contribution < 1.29 is 4.92 Å². The maximum atomic E-state index is 11.2. The zero-order valence-electron chi connectivity index (χ0n) is 12.1. The minimum Gasteiger partial charge on any atom is -0.377 e. The van der Waals surface area contributed by atoms with E-state index in [2.05, 4.69) is 24.1 Å². The van der Waals surface area contributed by atoms with Gasteiger partial charge in [-0.15, -0.1) is 0 Å². The third-order valence-electron chi connectivity index (χ3n) is 3.42. The molecule has 0 saturated heterocycles. The van der Waals surface area contributed by atoms with Gasteiger partial charge in [0.25, 0.3) is 0 Å². The Morgan fingerprint density at radius 2 is 2.10 bits per heavy atom. The van der Waals surface area contributed by atoms with Crippen molar-refractivity contribution in [2.45, 2.75) is 13.8 Å². The molecule has 0 amide bonds. The number of likely N-dealkylation sites (N-methyl/N-ethyl adjacent to an activating group) is 1. The fourth-order valence-electron chi connectivity index (χ4n) is 2.24. The Bertz CT molecular complexity index is 640. The Balaban J connectivity index is 2.25. The van der Waals surface area contributed by atoms with Crippen LogP contribution in [-0.2, 0) is 0 Å². The first kappa shape index (κ1) is 16.0. The number of nitrogens with zero attached hydrogens (tertiary/aromatic N) is 2. The molecular weight excluding hydrogens is 310 g/mol. The van der Waals surface area contributed by atoms with Crippen LogP contribution < -0.4 is 5.32 Å². The molecular formula is C14H18ClN3O2S. The van der Waals surface area contributed by atoms with Gasteiger partial charge in [-0.3, -0.25) is 10.1 Å². The Hall–Kier alpha value is -1.37. The van der Waals surface area contributed by atoms with E-state index >= 15 is 0 Å². The topological polar surface area (TPSA) is 58.4 Å². The van der Waals surface area contributed by atoms with Crippen molar-refractivity contribution in [2.24, 2.45) is 0 Å². The van der Waals surface area contributed by atoms with Gasteiger partial charge in [0.1, 0.15) is 5.69 Å². The lowest BCUT2D eigenvalue weighted by Gasteiger charge is -2.18. The molecule has 0 atom stereocenters. The average Bonchev–Trinajstić information content (AvgIpc) is 2.82. The van der Waals surface area contributed by atoms with Crippen LogP contribution in [-0.4, -0.2) is 36.0 Å². The molecule has 0 aliphatic rings. The predicted octanol–water partition coefficient (Wildman–Crippen LogP) is 4.22. The minimum atomic E-state index is -0.335. The zero-order valence-corrected chi connectivity index (χ0v) is 13.6. The Kier molecular flexibility index (Phi) is 5.39. The van der Waals surface area contributed by atoms with Gasteiger partial charge in [-0.1, -0.05) is 36.8 Å². The maximum Gasteiger partial charge on any atom is 0.348 e. The fraction of sp³-hybridized carbons (Fsp3) is 0.429. The Morgan fingerprint density at radius 3 is 2.71 bits per heavy atom. The average molecular weight is 328 g/mol. The summed E-state index contributed by atoms with van der Waals surface area (Å²) >= 11 is 7.18. The normalized spacial score (nSPS) is 11.2.